The lowest BCUT2D eigenvalue weighted by Crippen LogP contribution is -2.03. The van der Waals surface area contributed by atoms with Crippen LogP contribution in [0.4, 0.5) is 0 Å². The molecule has 3 aromatic rings. The second-order valence-electron chi connectivity index (χ2n) is 8.34. The SMILES string of the molecule is CCCCCCCCn1c(SCc2ncc(C)c(OC)c2C)nc2cc(C(=O)OC)ccc21. The highest BCUT2D eigenvalue weighted by Gasteiger charge is 2.16. The Kier molecular flexibility index (Phi) is 9.18. The van der Waals surface area contributed by atoms with Gasteiger partial charge in [-0.2, -0.15) is 0 Å². The van der Waals surface area contributed by atoms with E-state index in [2.05, 4.69) is 23.4 Å². The summed E-state index contributed by atoms with van der Waals surface area (Å²) in [5, 5.41) is 0.946. The number of fused-ring (bicyclic) bond motifs is 1. The largest absolute Gasteiger partial charge is 0.496 e. The number of benzene rings is 1. The smallest absolute Gasteiger partial charge is 0.337 e. The Morgan fingerprint density at radius 3 is 2.58 bits per heavy atom. The lowest BCUT2D eigenvalue weighted by molar-refractivity contribution is 0.0601. The fraction of sp³-hybridized carbons (Fsp3) is 0.500. The fourth-order valence-electron chi connectivity index (χ4n) is 4.08. The van der Waals surface area contributed by atoms with E-state index in [9.17, 15) is 4.79 Å². The molecule has 0 aliphatic carbocycles. The van der Waals surface area contributed by atoms with Gasteiger partial charge in [0, 0.05) is 29.6 Å². The Hall–Kier alpha value is -2.54. The molecule has 33 heavy (non-hydrogen) atoms. The van der Waals surface area contributed by atoms with Gasteiger partial charge in [0.1, 0.15) is 5.75 Å². The third-order valence-electron chi connectivity index (χ3n) is 5.96. The van der Waals surface area contributed by atoms with Gasteiger partial charge in [0.25, 0.3) is 0 Å². The number of methoxy groups -OCH3 is 2. The molecule has 0 radical (unpaired) electrons. The highest BCUT2D eigenvalue weighted by atomic mass is 32.2. The number of unbranched alkanes of at least 4 members (excludes halogenated alkanes) is 5. The number of aryl methyl sites for hydroxylation is 2. The third-order valence-corrected chi connectivity index (χ3v) is 6.94. The van der Waals surface area contributed by atoms with Crippen molar-refractivity contribution in [2.45, 2.75) is 76.8 Å². The topological polar surface area (TPSA) is 66.2 Å². The van der Waals surface area contributed by atoms with Crippen molar-refractivity contribution in [1.82, 2.24) is 14.5 Å². The Morgan fingerprint density at radius 2 is 1.85 bits per heavy atom. The monoisotopic (exact) mass is 469 g/mol. The Morgan fingerprint density at radius 1 is 1.09 bits per heavy atom. The number of nitrogens with zero attached hydrogens (tertiary/aromatic N) is 3. The summed E-state index contributed by atoms with van der Waals surface area (Å²) in [7, 11) is 3.10. The molecule has 2 heterocycles. The number of ether oxygens (including phenoxy) is 2. The van der Waals surface area contributed by atoms with Gasteiger partial charge in [0.05, 0.1) is 36.5 Å². The highest BCUT2D eigenvalue weighted by Crippen LogP contribution is 2.31. The summed E-state index contributed by atoms with van der Waals surface area (Å²) in [5.41, 5.74) is 5.48. The van der Waals surface area contributed by atoms with E-state index in [1.807, 2.05) is 31.3 Å². The molecular weight excluding hydrogens is 434 g/mol. The van der Waals surface area contributed by atoms with Crippen molar-refractivity contribution < 1.29 is 14.3 Å². The summed E-state index contributed by atoms with van der Waals surface area (Å²) in [4.78, 5) is 21.5. The van der Waals surface area contributed by atoms with E-state index in [1.54, 1.807) is 18.9 Å². The molecule has 6 nitrogen and oxygen atoms in total. The number of rotatable bonds is 12. The van der Waals surface area contributed by atoms with Crippen LogP contribution in [0.3, 0.4) is 0 Å². The zero-order chi connectivity index (χ0) is 23.8. The highest BCUT2D eigenvalue weighted by molar-refractivity contribution is 7.98. The minimum Gasteiger partial charge on any atom is -0.496 e. The molecule has 0 saturated carbocycles. The van der Waals surface area contributed by atoms with Crippen LogP contribution in [0.2, 0.25) is 0 Å². The summed E-state index contributed by atoms with van der Waals surface area (Å²) in [6, 6.07) is 5.62. The first-order chi connectivity index (χ1) is 16.0. The van der Waals surface area contributed by atoms with E-state index in [0.29, 0.717) is 11.3 Å². The van der Waals surface area contributed by atoms with Gasteiger partial charge in [-0.1, -0.05) is 50.8 Å². The van der Waals surface area contributed by atoms with Gasteiger partial charge < -0.3 is 14.0 Å². The second kappa shape index (κ2) is 12.1. The number of hydrogen-bond donors (Lipinski definition) is 0. The van der Waals surface area contributed by atoms with E-state index in [1.165, 1.54) is 39.2 Å². The third kappa shape index (κ3) is 6.08. The number of carbonyl (C=O) groups excluding carboxylic acids is 1. The number of hydrogen-bond acceptors (Lipinski definition) is 6. The Balaban J connectivity index is 1.84. The van der Waals surface area contributed by atoms with Crippen LogP contribution in [0.5, 0.6) is 5.75 Å². The number of pyridine rings is 1. The number of carbonyl (C=O) groups is 1. The minimum atomic E-state index is -0.344. The van der Waals surface area contributed by atoms with E-state index in [0.717, 1.165) is 51.7 Å². The molecule has 1 aromatic carbocycles. The molecule has 0 bridgehead atoms. The number of imidazole rings is 1. The first-order valence-electron chi connectivity index (χ1n) is 11.7. The van der Waals surface area contributed by atoms with Crippen molar-refractivity contribution in [3.05, 3.63) is 46.8 Å². The summed E-state index contributed by atoms with van der Waals surface area (Å²) >= 11 is 1.67. The standard InChI is InChI=1S/C26H35N3O3S/c1-6-7-8-9-10-11-14-29-23-13-12-20(25(30)32-5)15-21(23)28-26(29)33-17-22-19(3)24(31-4)18(2)16-27-22/h12-13,15-16H,6-11,14,17H2,1-5H3. The number of aromatic nitrogens is 3. The summed E-state index contributed by atoms with van der Waals surface area (Å²) < 4.78 is 12.7. The predicted octanol–water partition coefficient (Wildman–Crippen LogP) is 6.50. The van der Waals surface area contributed by atoms with Crippen LogP contribution in [-0.2, 0) is 17.0 Å². The molecule has 2 aromatic heterocycles. The Labute approximate surface area is 201 Å². The molecule has 0 aliphatic rings. The Bertz CT molecular complexity index is 1090. The van der Waals surface area contributed by atoms with Crippen LogP contribution < -0.4 is 4.74 Å². The summed E-state index contributed by atoms with van der Waals surface area (Å²) in [6.07, 6.45) is 9.30. The van der Waals surface area contributed by atoms with Gasteiger partial charge in [0.2, 0.25) is 0 Å². The van der Waals surface area contributed by atoms with Gasteiger partial charge in [-0.25, -0.2) is 9.78 Å². The zero-order valence-electron chi connectivity index (χ0n) is 20.4. The maximum atomic E-state index is 12.0. The lowest BCUT2D eigenvalue weighted by Gasteiger charge is -2.13. The average molecular weight is 470 g/mol. The quantitative estimate of drug-likeness (QED) is 0.171. The molecular formula is C26H35N3O3S. The average Bonchev–Trinajstić information content (AvgIpc) is 3.17. The van der Waals surface area contributed by atoms with Crippen molar-refractivity contribution in [2.75, 3.05) is 14.2 Å². The zero-order valence-corrected chi connectivity index (χ0v) is 21.3. The first-order valence-corrected chi connectivity index (χ1v) is 12.7. The van der Waals surface area contributed by atoms with Gasteiger partial charge in [-0.3, -0.25) is 4.98 Å². The number of thioether (sulfide) groups is 1. The van der Waals surface area contributed by atoms with Crippen LogP contribution in [0.1, 0.15) is 72.6 Å². The molecule has 0 fully saturated rings. The molecule has 0 amide bonds. The normalized spacial score (nSPS) is 11.2. The van der Waals surface area contributed by atoms with Crippen LogP contribution in [0.25, 0.3) is 11.0 Å². The molecule has 7 heteroatoms. The van der Waals surface area contributed by atoms with Crippen molar-refractivity contribution in [3.63, 3.8) is 0 Å². The lowest BCUT2D eigenvalue weighted by atomic mass is 10.1. The molecule has 0 N–H and O–H groups in total. The van der Waals surface area contributed by atoms with Gasteiger partial charge in [-0.05, 0) is 38.5 Å². The second-order valence-corrected chi connectivity index (χ2v) is 9.29. The van der Waals surface area contributed by atoms with E-state index < -0.39 is 0 Å². The van der Waals surface area contributed by atoms with Crippen LogP contribution in [-0.4, -0.2) is 34.7 Å². The molecule has 3 rings (SSSR count). The van der Waals surface area contributed by atoms with Gasteiger partial charge >= 0.3 is 5.97 Å². The maximum Gasteiger partial charge on any atom is 0.337 e. The molecule has 0 saturated heterocycles. The maximum absolute atomic E-state index is 12.0. The molecule has 0 aliphatic heterocycles. The minimum absolute atomic E-state index is 0.344. The van der Waals surface area contributed by atoms with E-state index in [-0.39, 0.29) is 5.97 Å². The number of esters is 1. The van der Waals surface area contributed by atoms with Crippen molar-refractivity contribution >= 4 is 28.8 Å². The van der Waals surface area contributed by atoms with Crippen LogP contribution >= 0.6 is 11.8 Å². The van der Waals surface area contributed by atoms with E-state index in [4.69, 9.17) is 14.5 Å². The van der Waals surface area contributed by atoms with Crippen molar-refractivity contribution in [1.29, 1.82) is 0 Å². The summed E-state index contributed by atoms with van der Waals surface area (Å²) in [6.45, 7) is 7.21. The molecule has 0 unspecified atom stereocenters. The van der Waals surface area contributed by atoms with Crippen molar-refractivity contribution in [3.8, 4) is 5.75 Å². The predicted molar refractivity (Wildman–Crippen MR) is 134 cm³/mol. The van der Waals surface area contributed by atoms with Gasteiger partial charge in [0.15, 0.2) is 5.16 Å². The van der Waals surface area contributed by atoms with Crippen LogP contribution in [0, 0.1) is 13.8 Å². The van der Waals surface area contributed by atoms with Gasteiger partial charge in [-0.15, -0.1) is 0 Å². The van der Waals surface area contributed by atoms with E-state index >= 15 is 0 Å². The molecule has 0 spiro atoms. The fourth-order valence-corrected chi connectivity index (χ4v) is 5.14. The molecule has 178 valence electrons. The first kappa shape index (κ1) is 25.1. The van der Waals surface area contributed by atoms with Crippen LogP contribution in [0.15, 0.2) is 29.6 Å². The molecule has 0 atom stereocenters. The van der Waals surface area contributed by atoms with Crippen molar-refractivity contribution in [2.24, 2.45) is 0 Å². The summed E-state index contributed by atoms with van der Waals surface area (Å²) in [5.74, 6) is 1.25.